The number of amides is 1. The number of para-hydroxylation sites is 2. The highest BCUT2D eigenvalue weighted by molar-refractivity contribution is 5.98. The molecular weight excluding hydrogens is 356 g/mol. The topological polar surface area (TPSA) is 72.5 Å². The van der Waals surface area contributed by atoms with Gasteiger partial charge in [-0.25, -0.2) is 4.79 Å². The Morgan fingerprint density at radius 3 is 2.36 bits per heavy atom. The van der Waals surface area contributed by atoms with E-state index in [1.54, 1.807) is 30.0 Å². The molecule has 0 spiro atoms. The van der Waals surface area contributed by atoms with Gasteiger partial charge in [0, 0.05) is 24.6 Å². The summed E-state index contributed by atoms with van der Waals surface area (Å²) in [5.74, 6) is -0.590. The van der Waals surface area contributed by atoms with Crippen LogP contribution in [-0.4, -0.2) is 34.2 Å². The molecule has 144 valence electrons. The molecule has 3 aromatic rings. The second-order valence-corrected chi connectivity index (χ2v) is 7.21. The largest absolute Gasteiger partial charge is 0.420 e. The number of fused-ring (bicyclic) bond motifs is 1. The molecule has 2 aromatic carbocycles. The number of rotatable bonds is 4. The molecule has 0 N–H and O–H groups in total. The molecule has 1 amide bonds. The van der Waals surface area contributed by atoms with Gasteiger partial charge >= 0.3 is 5.76 Å². The van der Waals surface area contributed by atoms with Crippen molar-refractivity contribution in [2.75, 3.05) is 13.1 Å². The second kappa shape index (κ2) is 7.46. The van der Waals surface area contributed by atoms with E-state index in [4.69, 9.17) is 4.42 Å². The van der Waals surface area contributed by atoms with E-state index in [1.165, 1.54) is 4.57 Å². The van der Waals surface area contributed by atoms with Gasteiger partial charge in [-0.1, -0.05) is 42.5 Å². The van der Waals surface area contributed by atoms with Crippen LogP contribution in [0.3, 0.4) is 0 Å². The summed E-state index contributed by atoms with van der Waals surface area (Å²) in [6.07, 6.45) is 1.26. The molecule has 0 unspecified atom stereocenters. The van der Waals surface area contributed by atoms with Crippen LogP contribution in [0.4, 0.5) is 0 Å². The molecule has 0 bridgehead atoms. The lowest BCUT2D eigenvalue weighted by atomic mass is 9.88. The summed E-state index contributed by atoms with van der Waals surface area (Å²) >= 11 is 0. The normalized spacial score (nSPS) is 16.2. The second-order valence-electron chi connectivity index (χ2n) is 7.21. The molecule has 1 aliphatic heterocycles. The van der Waals surface area contributed by atoms with E-state index in [-0.39, 0.29) is 17.6 Å². The minimum atomic E-state index is -0.655. The van der Waals surface area contributed by atoms with E-state index in [2.05, 4.69) is 0 Å². The molecule has 2 heterocycles. The Hall–Kier alpha value is -3.15. The van der Waals surface area contributed by atoms with Gasteiger partial charge in [0.2, 0.25) is 5.91 Å². The Balaban J connectivity index is 1.46. The van der Waals surface area contributed by atoms with Gasteiger partial charge in [0.15, 0.2) is 11.4 Å². The van der Waals surface area contributed by atoms with Gasteiger partial charge in [0.05, 0.1) is 5.52 Å². The van der Waals surface area contributed by atoms with Crippen molar-refractivity contribution in [3.63, 3.8) is 0 Å². The van der Waals surface area contributed by atoms with Gasteiger partial charge in [0.1, 0.15) is 6.04 Å². The van der Waals surface area contributed by atoms with Crippen LogP contribution in [0.2, 0.25) is 0 Å². The summed E-state index contributed by atoms with van der Waals surface area (Å²) in [6, 6.07) is 15.7. The quantitative estimate of drug-likeness (QED) is 0.653. The number of nitrogens with zero attached hydrogens (tertiary/aromatic N) is 2. The number of hydrogen-bond acceptors (Lipinski definition) is 4. The number of hydrogen-bond donors (Lipinski definition) is 0. The molecule has 0 saturated carbocycles. The maximum atomic E-state index is 13.0. The number of carbonyl (C=O) groups is 2. The SMILES string of the molecule is C[C@H](C(=O)N1CCC(C(=O)c2ccccc2)CC1)n1c(=O)oc2ccccc21. The van der Waals surface area contributed by atoms with Gasteiger partial charge in [-0.3, -0.25) is 14.2 Å². The van der Waals surface area contributed by atoms with Crippen LogP contribution < -0.4 is 5.76 Å². The number of carbonyl (C=O) groups excluding carboxylic acids is 2. The van der Waals surface area contributed by atoms with Gasteiger partial charge in [-0.2, -0.15) is 0 Å². The highest BCUT2D eigenvalue weighted by Gasteiger charge is 2.31. The zero-order valence-corrected chi connectivity index (χ0v) is 15.7. The number of piperidine rings is 1. The molecule has 28 heavy (non-hydrogen) atoms. The molecule has 1 fully saturated rings. The fraction of sp³-hybridized carbons (Fsp3) is 0.318. The fourth-order valence-corrected chi connectivity index (χ4v) is 3.93. The standard InChI is InChI=1S/C22H22N2O4/c1-15(24-18-9-5-6-10-19(18)28-22(24)27)21(26)23-13-11-17(12-14-23)20(25)16-7-3-2-4-8-16/h2-10,15,17H,11-14H2,1H3/t15-/m1/s1. The zero-order chi connectivity index (χ0) is 19.7. The highest BCUT2D eigenvalue weighted by atomic mass is 16.4. The van der Waals surface area contributed by atoms with Crippen molar-refractivity contribution in [2.24, 2.45) is 5.92 Å². The number of benzene rings is 2. The van der Waals surface area contributed by atoms with Crippen LogP contribution in [-0.2, 0) is 4.79 Å². The van der Waals surface area contributed by atoms with Crippen LogP contribution in [0.15, 0.2) is 63.8 Å². The van der Waals surface area contributed by atoms with E-state index in [9.17, 15) is 14.4 Å². The molecule has 6 heteroatoms. The molecule has 4 rings (SSSR count). The first-order valence-corrected chi connectivity index (χ1v) is 9.54. The summed E-state index contributed by atoms with van der Waals surface area (Å²) < 4.78 is 6.65. The third-order valence-corrected chi connectivity index (χ3v) is 5.50. The van der Waals surface area contributed by atoms with Crippen molar-refractivity contribution in [1.82, 2.24) is 9.47 Å². The molecule has 0 aliphatic carbocycles. The monoisotopic (exact) mass is 378 g/mol. The van der Waals surface area contributed by atoms with Crippen molar-refractivity contribution in [3.05, 3.63) is 70.7 Å². The molecular formula is C22H22N2O4. The number of ketones is 1. The number of aromatic nitrogens is 1. The van der Waals surface area contributed by atoms with Crippen LogP contribution in [0.25, 0.3) is 11.1 Å². The van der Waals surface area contributed by atoms with E-state index in [1.807, 2.05) is 36.4 Å². The third-order valence-electron chi connectivity index (χ3n) is 5.50. The molecule has 6 nitrogen and oxygen atoms in total. The maximum absolute atomic E-state index is 13.0. The predicted molar refractivity (Wildman–Crippen MR) is 105 cm³/mol. The number of oxazole rings is 1. The zero-order valence-electron chi connectivity index (χ0n) is 15.7. The van der Waals surface area contributed by atoms with Gasteiger partial charge < -0.3 is 9.32 Å². The number of likely N-dealkylation sites (tertiary alicyclic amines) is 1. The van der Waals surface area contributed by atoms with Crippen molar-refractivity contribution < 1.29 is 14.0 Å². The van der Waals surface area contributed by atoms with Gasteiger partial charge in [0.25, 0.3) is 0 Å². The average molecular weight is 378 g/mol. The molecule has 1 saturated heterocycles. The van der Waals surface area contributed by atoms with Crippen LogP contribution in [0, 0.1) is 5.92 Å². The van der Waals surface area contributed by atoms with Crippen molar-refractivity contribution >= 4 is 22.8 Å². The summed E-state index contributed by atoms with van der Waals surface area (Å²) in [5, 5.41) is 0. The van der Waals surface area contributed by atoms with E-state index in [0.29, 0.717) is 37.0 Å². The summed E-state index contributed by atoms with van der Waals surface area (Å²) in [7, 11) is 0. The van der Waals surface area contributed by atoms with Crippen molar-refractivity contribution in [3.8, 4) is 0 Å². The highest BCUT2D eigenvalue weighted by Crippen LogP contribution is 2.24. The Bertz CT molecular complexity index is 1060. The minimum Gasteiger partial charge on any atom is -0.408 e. The molecule has 0 radical (unpaired) electrons. The lowest BCUT2D eigenvalue weighted by Gasteiger charge is -2.33. The van der Waals surface area contributed by atoms with Crippen molar-refractivity contribution in [1.29, 1.82) is 0 Å². The molecule has 1 aromatic heterocycles. The van der Waals surface area contributed by atoms with Crippen LogP contribution >= 0.6 is 0 Å². The van der Waals surface area contributed by atoms with E-state index >= 15 is 0 Å². The Labute approximate surface area is 162 Å². The maximum Gasteiger partial charge on any atom is 0.420 e. The number of Topliss-reactive ketones (excluding diaryl/α,β-unsaturated/α-hetero) is 1. The fourth-order valence-electron chi connectivity index (χ4n) is 3.93. The van der Waals surface area contributed by atoms with E-state index in [0.717, 1.165) is 5.56 Å². The lowest BCUT2D eigenvalue weighted by Crippen LogP contribution is -2.44. The Kier molecular flexibility index (Phi) is 4.86. The van der Waals surface area contributed by atoms with Gasteiger partial charge in [-0.15, -0.1) is 0 Å². The van der Waals surface area contributed by atoms with Crippen molar-refractivity contribution in [2.45, 2.75) is 25.8 Å². The molecule has 1 aliphatic rings. The van der Waals surface area contributed by atoms with Crippen LogP contribution in [0.5, 0.6) is 0 Å². The van der Waals surface area contributed by atoms with Crippen LogP contribution in [0.1, 0.15) is 36.2 Å². The summed E-state index contributed by atoms with van der Waals surface area (Å²) in [6.45, 7) is 2.74. The Morgan fingerprint density at radius 2 is 1.64 bits per heavy atom. The summed E-state index contributed by atoms with van der Waals surface area (Å²) in [5.41, 5.74) is 1.80. The average Bonchev–Trinajstić information content (AvgIpc) is 3.08. The first-order chi connectivity index (χ1) is 13.6. The lowest BCUT2D eigenvalue weighted by molar-refractivity contribution is -0.135. The first-order valence-electron chi connectivity index (χ1n) is 9.54. The van der Waals surface area contributed by atoms with Gasteiger partial charge in [-0.05, 0) is 31.9 Å². The third kappa shape index (κ3) is 3.26. The molecule has 1 atom stereocenters. The first kappa shape index (κ1) is 18.2. The van der Waals surface area contributed by atoms with E-state index < -0.39 is 11.8 Å². The predicted octanol–water partition coefficient (Wildman–Crippen LogP) is 3.28. The summed E-state index contributed by atoms with van der Waals surface area (Å²) in [4.78, 5) is 39.6. The minimum absolute atomic E-state index is 0.0702. The smallest absolute Gasteiger partial charge is 0.408 e. The Morgan fingerprint density at radius 1 is 1.00 bits per heavy atom.